The molecule has 0 aliphatic heterocycles. The van der Waals surface area contributed by atoms with Gasteiger partial charge in [-0.25, -0.2) is 12.8 Å². The molecule has 2 rings (SSSR count). The fourth-order valence-electron chi connectivity index (χ4n) is 3.91. The van der Waals surface area contributed by atoms with Gasteiger partial charge in [0.05, 0.1) is 11.0 Å². The molecule has 13 heteroatoms. The number of nitrogens with one attached hydrogen (secondary N) is 1. The summed E-state index contributed by atoms with van der Waals surface area (Å²) in [6.45, 7) is 3.45. The number of nitrogens with zero attached hydrogens (tertiary/aromatic N) is 1. The number of hydrogen-bond donors (Lipinski definition) is 3. The monoisotopic (exact) mass is 578 g/mol. The number of aliphatic hydroxyl groups excluding tert-OH is 1. The SMILES string of the molecule is CN(C[C@H](O)CNC(C)(C)CCCc1ccccc1F)S(=O)(=O)c1cc(CCC(=O)O)cc(OC(F)(F)F)c1. The molecule has 0 aliphatic rings. The number of rotatable bonds is 15. The molecule has 0 saturated carbocycles. The number of alkyl halides is 3. The van der Waals surface area contributed by atoms with E-state index in [1.165, 1.54) is 13.1 Å². The zero-order valence-electron chi connectivity index (χ0n) is 22.0. The molecule has 0 aromatic heterocycles. The van der Waals surface area contributed by atoms with Gasteiger partial charge in [-0.3, -0.25) is 4.79 Å². The number of aliphatic carboxylic acids is 1. The van der Waals surface area contributed by atoms with Crippen LogP contribution in [0.25, 0.3) is 0 Å². The van der Waals surface area contributed by atoms with E-state index in [-0.39, 0.29) is 30.9 Å². The Labute approximate surface area is 225 Å². The summed E-state index contributed by atoms with van der Waals surface area (Å²) in [6.07, 6.45) is -5.02. The van der Waals surface area contributed by atoms with E-state index >= 15 is 0 Å². The van der Waals surface area contributed by atoms with E-state index in [1.807, 2.05) is 13.8 Å². The Morgan fingerprint density at radius 1 is 1.13 bits per heavy atom. The zero-order valence-corrected chi connectivity index (χ0v) is 22.8. The first-order chi connectivity index (χ1) is 18.0. The van der Waals surface area contributed by atoms with Crippen LogP contribution in [0, 0.1) is 5.82 Å². The topological polar surface area (TPSA) is 116 Å². The summed E-state index contributed by atoms with van der Waals surface area (Å²) in [6, 6.07) is 9.22. The Hall–Kier alpha value is -2.74. The van der Waals surface area contributed by atoms with Crippen LogP contribution >= 0.6 is 0 Å². The first-order valence-electron chi connectivity index (χ1n) is 12.2. The highest BCUT2D eigenvalue weighted by Gasteiger charge is 2.32. The molecule has 0 heterocycles. The van der Waals surface area contributed by atoms with Gasteiger partial charge in [0, 0.05) is 38.2 Å². The lowest BCUT2D eigenvalue weighted by Gasteiger charge is -2.29. The van der Waals surface area contributed by atoms with Crippen molar-refractivity contribution < 1.29 is 45.7 Å². The normalized spacial score (nSPS) is 13.5. The number of sulfonamides is 1. The van der Waals surface area contributed by atoms with Crippen LogP contribution in [-0.2, 0) is 27.7 Å². The van der Waals surface area contributed by atoms with Gasteiger partial charge in [-0.05, 0) is 68.9 Å². The summed E-state index contributed by atoms with van der Waals surface area (Å²) >= 11 is 0. The first-order valence-corrected chi connectivity index (χ1v) is 13.7. The van der Waals surface area contributed by atoms with Crippen LogP contribution in [-0.4, -0.2) is 67.0 Å². The lowest BCUT2D eigenvalue weighted by molar-refractivity contribution is -0.274. The molecule has 0 aliphatic carbocycles. The molecule has 0 amide bonds. The summed E-state index contributed by atoms with van der Waals surface area (Å²) in [7, 11) is -3.19. The molecule has 2 aromatic rings. The van der Waals surface area contributed by atoms with Crippen molar-refractivity contribution in [1.29, 1.82) is 0 Å². The van der Waals surface area contributed by atoms with E-state index in [4.69, 9.17) is 5.11 Å². The highest BCUT2D eigenvalue weighted by Crippen LogP contribution is 2.29. The second-order valence-electron chi connectivity index (χ2n) is 9.90. The standard InChI is InChI=1S/C26H34F4N2O6S/c1-25(2,12-6-8-19-7-4-5-9-23(19)27)31-16-20(33)17-32(3)39(36,37)22-14-18(10-11-24(34)35)13-21(15-22)38-26(28,29)30/h4-5,7,9,13-15,20,31,33H,6,8,10-12,16-17H2,1-3H3,(H,34,35)/t20-/m1/s1. The van der Waals surface area contributed by atoms with Gasteiger partial charge in [-0.2, -0.15) is 4.31 Å². The number of halogens is 4. The fourth-order valence-corrected chi connectivity index (χ4v) is 5.21. The molecular weight excluding hydrogens is 544 g/mol. The third kappa shape index (κ3) is 11.1. The quantitative estimate of drug-likeness (QED) is 0.273. The molecule has 0 spiro atoms. The van der Waals surface area contributed by atoms with Crippen molar-refractivity contribution in [2.24, 2.45) is 0 Å². The molecule has 0 radical (unpaired) electrons. The Kier molecular flexibility index (Phi) is 11.3. The van der Waals surface area contributed by atoms with Crippen molar-refractivity contribution in [3.05, 3.63) is 59.4 Å². The van der Waals surface area contributed by atoms with E-state index in [0.717, 1.165) is 16.4 Å². The van der Waals surface area contributed by atoms with E-state index in [2.05, 4.69) is 10.1 Å². The van der Waals surface area contributed by atoms with E-state index < -0.39 is 51.1 Å². The van der Waals surface area contributed by atoms with E-state index in [9.17, 15) is 35.9 Å². The second-order valence-corrected chi connectivity index (χ2v) is 11.9. The smallest absolute Gasteiger partial charge is 0.481 e. The maximum absolute atomic E-state index is 13.8. The second kappa shape index (κ2) is 13.6. The molecule has 1 atom stereocenters. The summed E-state index contributed by atoms with van der Waals surface area (Å²) in [5, 5.41) is 22.5. The molecule has 3 N–H and O–H groups in total. The minimum absolute atomic E-state index is 0.0215. The highest BCUT2D eigenvalue weighted by atomic mass is 32.2. The number of carboxylic acid groups (broad SMARTS) is 1. The van der Waals surface area contributed by atoms with E-state index in [1.54, 1.807) is 18.2 Å². The van der Waals surface area contributed by atoms with Gasteiger partial charge in [-0.15, -0.1) is 13.2 Å². The van der Waals surface area contributed by atoms with Crippen LogP contribution in [0.1, 0.15) is 44.2 Å². The number of hydrogen-bond acceptors (Lipinski definition) is 6. The lowest BCUT2D eigenvalue weighted by Crippen LogP contribution is -2.46. The molecule has 2 aromatic carbocycles. The van der Waals surface area contributed by atoms with Crippen LogP contribution in [0.5, 0.6) is 5.75 Å². The molecule has 8 nitrogen and oxygen atoms in total. The van der Waals surface area contributed by atoms with Gasteiger partial charge in [0.15, 0.2) is 0 Å². The number of carboxylic acids is 1. The van der Waals surface area contributed by atoms with E-state index in [0.29, 0.717) is 30.9 Å². The predicted octanol–water partition coefficient (Wildman–Crippen LogP) is 4.11. The molecule has 0 bridgehead atoms. The number of benzene rings is 2. The van der Waals surface area contributed by atoms with Gasteiger partial charge in [0.2, 0.25) is 10.0 Å². The van der Waals surface area contributed by atoms with Crippen LogP contribution in [0.4, 0.5) is 17.6 Å². The predicted molar refractivity (Wildman–Crippen MR) is 136 cm³/mol. The van der Waals surface area contributed by atoms with Crippen molar-refractivity contribution in [3.8, 4) is 5.75 Å². The van der Waals surface area contributed by atoms with Crippen LogP contribution in [0.2, 0.25) is 0 Å². The van der Waals surface area contributed by atoms with Crippen molar-refractivity contribution >= 4 is 16.0 Å². The largest absolute Gasteiger partial charge is 0.573 e. The molecule has 218 valence electrons. The first kappa shape index (κ1) is 32.5. The van der Waals surface area contributed by atoms with Crippen LogP contribution in [0.15, 0.2) is 47.4 Å². The summed E-state index contributed by atoms with van der Waals surface area (Å²) in [5.74, 6) is -2.27. The van der Waals surface area contributed by atoms with Gasteiger partial charge < -0.3 is 20.3 Å². The third-order valence-corrected chi connectivity index (χ3v) is 7.80. The summed E-state index contributed by atoms with van der Waals surface area (Å²) in [4.78, 5) is 10.4. The van der Waals surface area contributed by atoms with Gasteiger partial charge >= 0.3 is 12.3 Å². The molecular formula is C26H34F4N2O6S. The number of aliphatic hydroxyl groups is 1. The van der Waals surface area contributed by atoms with Gasteiger partial charge in [-0.1, -0.05) is 18.2 Å². The average molecular weight is 579 g/mol. The fraction of sp³-hybridized carbons (Fsp3) is 0.500. The van der Waals surface area contributed by atoms with Crippen molar-refractivity contribution in [1.82, 2.24) is 9.62 Å². The third-order valence-electron chi connectivity index (χ3n) is 6.00. The molecule has 0 fully saturated rings. The number of aryl methyl sites for hydroxylation is 2. The van der Waals surface area contributed by atoms with Crippen LogP contribution < -0.4 is 10.1 Å². The number of β-amino-alcohol motifs (C(OH)–C–C–N with tert-alkyl or cyclic N) is 1. The Bertz CT molecular complexity index is 1220. The number of carbonyl (C=O) groups is 1. The summed E-state index contributed by atoms with van der Waals surface area (Å²) in [5.41, 5.74) is 0.188. The maximum atomic E-state index is 13.8. The number of likely N-dealkylation sites (N-methyl/N-ethyl adjacent to an activating group) is 1. The van der Waals surface area contributed by atoms with Crippen molar-refractivity contribution in [2.75, 3.05) is 20.1 Å². The van der Waals surface area contributed by atoms with Crippen molar-refractivity contribution in [2.45, 2.75) is 68.9 Å². The summed E-state index contributed by atoms with van der Waals surface area (Å²) < 4.78 is 83.0. The Morgan fingerprint density at radius 2 is 1.79 bits per heavy atom. The molecule has 0 saturated heterocycles. The minimum Gasteiger partial charge on any atom is -0.481 e. The Morgan fingerprint density at radius 3 is 2.41 bits per heavy atom. The van der Waals surface area contributed by atoms with Gasteiger partial charge in [0.1, 0.15) is 11.6 Å². The average Bonchev–Trinajstić information content (AvgIpc) is 2.81. The Balaban J connectivity index is 2.02. The van der Waals surface area contributed by atoms with Crippen LogP contribution in [0.3, 0.4) is 0 Å². The zero-order chi connectivity index (χ0) is 29.4. The lowest BCUT2D eigenvalue weighted by atomic mass is 9.95. The molecule has 39 heavy (non-hydrogen) atoms. The van der Waals surface area contributed by atoms with Gasteiger partial charge in [0.25, 0.3) is 0 Å². The highest BCUT2D eigenvalue weighted by molar-refractivity contribution is 7.89. The maximum Gasteiger partial charge on any atom is 0.573 e. The van der Waals surface area contributed by atoms with Crippen molar-refractivity contribution in [3.63, 3.8) is 0 Å². The number of ether oxygens (including phenoxy) is 1. The minimum atomic E-state index is -5.08. The molecule has 0 unspecified atom stereocenters.